The molecule has 1 aliphatic rings. The molecule has 6 rings (SSSR count). The van der Waals surface area contributed by atoms with Crippen molar-refractivity contribution in [3.8, 4) is 17.3 Å². The number of nitrogens with zero attached hydrogens (tertiary/aromatic N) is 8. The number of nitrogens with two attached hydrogens (primary N) is 1. The predicted molar refractivity (Wildman–Crippen MR) is 139 cm³/mol. The zero-order valence-corrected chi connectivity index (χ0v) is 18.7. The lowest BCUT2D eigenvalue weighted by Gasteiger charge is -2.36. The highest BCUT2D eigenvalue weighted by molar-refractivity contribution is 5.90. The topological polar surface area (TPSA) is 125 Å². The number of benzene rings is 1. The van der Waals surface area contributed by atoms with Crippen LogP contribution in [0.15, 0.2) is 53.3 Å². The number of fused-ring (bicyclic) bond motifs is 3. The Kier molecular flexibility index (Phi) is 3.01. The summed E-state index contributed by atoms with van der Waals surface area (Å²) < 4.78 is 159. The van der Waals surface area contributed by atoms with Gasteiger partial charge in [-0.2, -0.15) is 14.6 Å². The van der Waals surface area contributed by atoms with Gasteiger partial charge in [0.1, 0.15) is 12.4 Å². The summed E-state index contributed by atoms with van der Waals surface area (Å²) in [6.07, 6.45) is 2.41. The van der Waals surface area contributed by atoms with E-state index in [9.17, 15) is 0 Å². The van der Waals surface area contributed by atoms with Crippen LogP contribution in [-0.2, 0) is 11.2 Å². The van der Waals surface area contributed by atoms with Gasteiger partial charge in [-0.3, -0.25) is 4.90 Å². The van der Waals surface area contributed by atoms with Crippen LogP contribution in [0.3, 0.4) is 0 Å². The minimum Gasteiger partial charge on any atom is -0.491 e. The summed E-state index contributed by atoms with van der Waals surface area (Å²) in [4.78, 5) is 8.02. The van der Waals surface area contributed by atoms with Crippen molar-refractivity contribution < 1.29 is 37.2 Å². The first-order valence-corrected chi connectivity index (χ1v) is 10.6. The fourth-order valence-corrected chi connectivity index (χ4v) is 3.37. The summed E-state index contributed by atoms with van der Waals surface area (Å²) in [5.41, 5.74) is 5.13. The number of anilines is 2. The van der Waals surface area contributed by atoms with E-state index >= 15 is 0 Å². The lowest BCUT2D eigenvalue weighted by Crippen LogP contribution is -2.47. The molecule has 0 radical (unpaired) electrons. The molecule has 12 heteroatoms. The second-order valence-electron chi connectivity index (χ2n) is 7.28. The minimum atomic E-state index is -3.96. The monoisotopic (exact) mass is 520 g/mol. The Hall–Kier alpha value is -4.16. The van der Waals surface area contributed by atoms with E-state index in [4.69, 9.17) is 38.2 Å². The molecular weight excluding hydrogens is 474 g/mol. The van der Waals surface area contributed by atoms with Crippen LogP contribution in [0.25, 0.3) is 28.3 Å². The first kappa shape index (κ1) is 11.1. The average molecular weight is 521 g/mol. The third-order valence-electron chi connectivity index (χ3n) is 5.05. The Labute approximate surface area is 237 Å². The quantitative estimate of drug-likeness (QED) is 0.309. The number of hydrogen-bond acceptors (Lipinski definition) is 10. The number of ether oxygens (including phenoxy) is 2. The number of aryl methyl sites for hydroxylation is 1. The first-order valence-electron chi connectivity index (χ1n) is 19.1. The van der Waals surface area contributed by atoms with Crippen LogP contribution in [0, 0.1) is 0 Å². The Morgan fingerprint density at radius 1 is 1.11 bits per heavy atom. The second-order valence-corrected chi connectivity index (χ2v) is 7.28. The first-order chi connectivity index (χ1) is 24.6. The van der Waals surface area contributed by atoms with Gasteiger partial charge in [0.2, 0.25) is 11.8 Å². The lowest BCUT2D eigenvalue weighted by atomic mass is 10.2. The van der Waals surface area contributed by atoms with Gasteiger partial charge in [-0.15, -0.1) is 5.10 Å². The van der Waals surface area contributed by atoms with E-state index in [1.165, 1.54) is 6.26 Å². The molecule has 1 aromatic carbocycles. The number of rotatable bonds is 9. The standard InChI is InChI=1S/C25H29N9O3/c1-35-15-16-36-19-6-4-18(5-7-19)32-11-8-31(9-12-32)10-13-33-23-20(17-27-33)24-28-22(21-3-2-14-37-21)30-34(24)25(26)29-23/h2-7,14,17H,8-13,15-16H2,1H3,(H2,26,29)/i1D3,8D2,9D2,10D2,11D2,12D2,13D2,15D2. The summed E-state index contributed by atoms with van der Waals surface area (Å²) in [7, 11) is -3.09. The number of hydrogen-bond donors (Lipinski definition) is 1. The van der Waals surface area contributed by atoms with Gasteiger partial charge in [-0.1, -0.05) is 0 Å². The van der Waals surface area contributed by atoms with Crippen LogP contribution in [-0.4, -0.2) is 87.0 Å². The molecule has 0 saturated carbocycles. The van der Waals surface area contributed by atoms with Crippen molar-refractivity contribution in [2.24, 2.45) is 0 Å². The van der Waals surface area contributed by atoms with Crippen molar-refractivity contribution in [2.75, 3.05) is 63.3 Å². The molecule has 0 aliphatic carbocycles. The van der Waals surface area contributed by atoms with Gasteiger partial charge in [0.15, 0.2) is 17.1 Å². The number of nitrogen functional groups attached to an aromatic ring is 1. The summed E-state index contributed by atoms with van der Waals surface area (Å²) >= 11 is 0. The zero-order chi connectivity index (χ0) is 40.2. The molecule has 192 valence electrons. The maximum absolute atomic E-state index is 8.93. The molecule has 1 saturated heterocycles. The molecule has 37 heavy (non-hydrogen) atoms. The molecular formula is C25H29N9O3. The molecule has 1 aliphatic heterocycles. The maximum Gasteiger partial charge on any atom is 0.225 e. The lowest BCUT2D eigenvalue weighted by molar-refractivity contribution is 0.146. The van der Waals surface area contributed by atoms with E-state index in [0.29, 0.717) is 4.68 Å². The molecule has 5 heterocycles. The van der Waals surface area contributed by atoms with Gasteiger partial charge in [-0.05, 0) is 36.4 Å². The third-order valence-corrected chi connectivity index (χ3v) is 5.05. The van der Waals surface area contributed by atoms with Crippen LogP contribution in [0.1, 0.15) is 23.3 Å². The Balaban J connectivity index is 1.37. The number of piperazine rings is 1. The number of methoxy groups -OCH3 is 1. The van der Waals surface area contributed by atoms with Crippen LogP contribution < -0.4 is 15.4 Å². The van der Waals surface area contributed by atoms with Gasteiger partial charge in [0.05, 0.1) is 46.0 Å². The van der Waals surface area contributed by atoms with E-state index in [2.05, 4.69) is 24.9 Å². The zero-order valence-electron chi connectivity index (χ0n) is 35.7. The average Bonchev–Trinajstić information content (AvgIpc) is 3.78. The summed E-state index contributed by atoms with van der Waals surface area (Å²) in [5.74, 6) is -0.217. The maximum atomic E-state index is 8.93. The van der Waals surface area contributed by atoms with Crippen molar-refractivity contribution in [3.63, 3.8) is 0 Å². The van der Waals surface area contributed by atoms with Gasteiger partial charge in [0.25, 0.3) is 0 Å². The molecule has 0 spiro atoms. The van der Waals surface area contributed by atoms with E-state index < -0.39 is 75.4 Å². The number of furan rings is 1. The molecule has 5 aromatic rings. The van der Waals surface area contributed by atoms with E-state index in [1.54, 1.807) is 12.1 Å². The van der Waals surface area contributed by atoms with E-state index in [-0.39, 0.29) is 39.2 Å². The van der Waals surface area contributed by atoms with Gasteiger partial charge < -0.3 is 24.5 Å². The fraction of sp³-hybridized carbons (Fsp3) is 0.360. The smallest absolute Gasteiger partial charge is 0.225 e. The van der Waals surface area contributed by atoms with Crippen molar-refractivity contribution >= 4 is 28.3 Å². The minimum absolute atomic E-state index is 0.0162. The van der Waals surface area contributed by atoms with Crippen LogP contribution in [0.2, 0.25) is 0 Å². The highest BCUT2D eigenvalue weighted by atomic mass is 16.5. The predicted octanol–water partition coefficient (Wildman–Crippen LogP) is 2.16. The van der Waals surface area contributed by atoms with Crippen LogP contribution >= 0.6 is 0 Å². The van der Waals surface area contributed by atoms with Crippen molar-refractivity contribution in [3.05, 3.63) is 48.9 Å². The van der Waals surface area contributed by atoms with E-state index in [0.717, 1.165) is 35.0 Å². The van der Waals surface area contributed by atoms with Crippen molar-refractivity contribution in [1.29, 1.82) is 0 Å². The number of aromatic nitrogens is 6. The fourth-order valence-electron chi connectivity index (χ4n) is 3.37. The molecule has 2 N–H and O–H groups in total. The summed E-state index contributed by atoms with van der Waals surface area (Å²) in [6, 6.07) is 7.22. The Bertz CT molecular complexity index is 2160. The molecule has 0 atom stereocenters. The molecule has 0 bridgehead atoms. The van der Waals surface area contributed by atoms with Crippen molar-refractivity contribution in [2.45, 2.75) is 6.50 Å². The second kappa shape index (κ2) is 10.1. The summed E-state index contributed by atoms with van der Waals surface area (Å²) in [6.45, 7) is -26.4. The van der Waals surface area contributed by atoms with Gasteiger partial charge in [0, 0.05) is 53.4 Å². The SMILES string of the molecule is [2H]C([2H])([2H])OC([2H])([2H])COc1ccc(N2C([2H])([2H])C([2H])([2H])N(C([2H])([2H])C([2H])([2H])n3ncc4c3nc(N)n3nc(-c5ccco5)nc43)C([2H])([2H])C2([2H])[2H])cc1. The van der Waals surface area contributed by atoms with Crippen molar-refractivity contribution in [1.82, 2.24) is 34.3 Å². The Morgan fingerprint density at radius 3 is 2.76 bits per heavy atom. The van der Waals surface area contributed by atoms with Crippen LogP contribution in [0.4, 0.5) is 11.6 Å². The third kappa shape index (κ3) is 4.68. The normalized spacial score (nSPS) is 28.4. The van der Waals surface area contributed by atoms with E-state index in [1.807, 2.05) is 0 Å². The van der Waals surface area contributed by atoms with Gasteiger partial charge >= 0.3 is 0 Å². The largest absolute Gasteiger partial charge is 0.491 e. The highest BCUT2D eigenvalue weighted by Crippen LogP contribution is 2.24. The molecule has 1 fully saturated rings. The molecule has 0 unspecified atom stereocenters. The molecule has 0 amide bonds. The Morgan fingerprint density at radius 2 is 1.97 bits per heavy atom. The van der Waals surface area contributed by atoms with Gasteiger partial charge in [-0.25, -0.2) is 9.67 Å². The molecule has 12 nitrogen and oxygen atoms in total. The summed E-state index contributed by atoms with van der Waals surface area (Å²) in [5, 5.41) is 8.11. The molecule has 4 aromatic heterocycles. The highest BCUT2D eigenvalue weighted by Gasteiger charge is 2.20. The van der Waals surface area contributed by atoms with Crippen LogP contribution in [0.5, 0.6) is 5.75 Å².